The predicted molar refractivity (Wildman–Crippen MR) is 88.4 cm³/mol. The van der Waals surface area contributed by atoms with Crippen LogP contribution in [-0.2, 0) is 24.5 Å². The molecule has 0 unspecified atom stereocenters. The summed E-state index contributed by atoms with van der Waals surface area (Å²) >= 11 is 5.86. The normalized spacial score (nSPS) is 11.0. The van der Waals surface area contributed by atoms with Crippen molar-refractivity contribution >= 4 is 11.6 Å². The summed E-state index contributed by atoms with van der Waals surface area (Å²) in [7, 11) is 0. The first-order valence-corrected chi connectivity index (χ1v) is 7.64. The van der Waals surface area contributed by atoms with Crippen molar-refractivity contribution in [3.05, 3.63) is 70.2 Å². The van der Waals surface area contributed by atoms with E-state index in [1.165, 1.54) is 11.1 Å². The molecule has 2 nitrogen and oxygen atoms in total. The van der Waals surface area contributed by atoms with Gasteiger partial charge in [-0.3, -0.25) is 0 Å². The third-order valence-corrected chi connectivity index (χ3v) is 3.44. The van der Waals surface area contributed by atoms with Crippen molar-refractivity contribution in [2.45, 2.75) is 39.6 Å². The molecule has 0 fully saturated rings. The van der Waals surface area contributed by atoms with Gasteiger partial charge in [0.05, 0.1) is 13.2 Å². The summed E-state index contributed by atoms with van der Waals surface area (Å²) in [4.78, 5) is 0. The molecule has 0 atom stereocenters. The summed E-state index contributed by atoms with van der Waals surface area (Å²) in [5, 5.41) is 4.16. The lowest BCUT2D eigenvalue weighted by molar-refractivity contribution is 0.107. The minimum atomic E-state index is 0.507. The zero-order chi connectivity index (χ0) is 15.1. The second-order valence-electron chi connectivity index (χ2n) is 5.47. The number of nitrogens with one attached hydrogen (secondary N) is 1. The Bertz CT molecular complexity index is 534. The maximum absolute atomic E-state index is 5.86. The van der Waals surface area contributed by atoms with Crippen LogP contribution >= 0.6 is 11.6 Å². The molecule has 21 heavy (non-hydrogen) atoms. The molecule has 1 N–H and O–H groups in total. The van der Waals surface area contributed by atoms with Crippen LogP contribution < -0.4 is 5.32 Å². The first-order chi connectivity index (χ1) is 10.1. The predicted octanol–water partition coefficient (Wildman–Crippen LogP) is 4.55. The molecule has 2 aromatic rings. The highest BCUT2D eigenvalue weighted by Crippen LogP contribution is 2.12. The minimum absolute atomic E-state index is 0.507. The zero-order valence-electron chi connectivity index (χ0n) is 12.6. The van der Waals surface area contributed by atoms with Crippen LogP contribution in [0.5, 0.6) is 0 Å². The Hall–Kier alpha value is -1.35. The van der Waals surface area contributed by atoms with Gasteiger partial charge >= 0.3 is 0 Å². The molecule has 0 aliphatic carbocycles. The third-order valence-electron chi connectivity index (χ3n) is 3.19. The first-order valence-electron chi connectivity index (χ1n) is 7.27. The van der Waals surface area contributed by atoms with Gasteiger partial charge in [0.15, 0.2) is 0 Å². The van der Waals surface area contributed by atoms with Gasteiger partial charge in [-0.15, -0.1) is 0 Å². The van der Waals surface area contributed by atoms with Crippen molar-refractivity contribution in [3.63, 3.8) is 0 Å². The molecule has 0 saturated heterocycles. The van der Waals surface area contributed by atoms with Gasteiger partial charge in [0.2, 0.25) is 0 Å². The SMILES string of the molecule is CC(C)NCc1ccc(COCc2ccc(Cl)cc2)cc1. The van der Waals surface area contributed by atoms with Gasteiger partial charge < -0.3 is 10.1 Å². The molecule has 2 aromatic carbocycles. The van der Waals surface area contributed by atoms with Crippen molar-refractivity contribution in [2.75, 3.05) is 0 Å². The molecule has 0 bridgehead atoms. The summed E-state index contributed by atoms with van der Waals surface area (Å²) in [5.41, 5.74) is 3.62. The summed E-state index contributed by atoms with van der Waals surface area (Å²) in [6.45, 7) is 6.44. The highest BCUT2D eigenvalue weighted by Gasteiger charge is 1.98. The summed E-state index contributed by atoms with van der Waals surface area (Å²) in [6, 6.07) is 16.8. The number of hydrogen-bond acceptors (Lipinski definition) is 2. The van der Waals surface area contributed by atoms with Crippen molar-refractivity contribution in [1.82, 2.24) is 5.32 Å². The van der Waals surface area contributed by atoms with E-state index in [0.717, 1.165) is 17.1 Å². The van der Waals surface area contributed by atoms with E-state index in [9.17, 15) is 0 Å². The van der Waals surface area contributed by atoms with E-state index in [1.54, 1.807) is 0 Å². The quantitative estimate of drug-likeness (QED) is 0.810. The molecule has 2 rings (SSSR count). The molecular formula is C18H22ClNO. The van der Waals surface area contributed by atoms with E-state index in [2.05, 4.69) is 43.4 Å². The maximum Gasteiger partial charge on any atom is 0.0721 e. The highest BCUT2D eigenvalue weighted by molar-refractivity contribution is 6.30. The van der Waals surface area contributed by atoms with Gasteiger partial charge in [-0.1, -0.05) is 61.8 Å². The van der Waals surface area contributed by atoms with Crippen LogP contribution in [0.15, 0.2) is 48.5 Å². The zero-order valence-corrected chi connectivity index (χ0v) is 13.4. The first kappa shape index (κ1) is 16.0. The smallest absolute Gasteiger partial charge is 0.0721 e. The highest BCUT2D eigenvalue weighted by atomic mass is 35.5. The molecule has 0 radical (unpaired) electrons. The van der Waals surface area contributed by atoms with Crippen LogP contribution in [0.1, 0.15) is 30.5 Å². The van der Waals surface area contributed by atoms with Crippen molar-refractivity contribution in [2.24, 2.45) is 0 Å². The van der Waals surface area contributed by atoms with Crippen molar-refractivity contribution in [3.8, 4) is 0 Å². The minimum Gasteiger partial charge on any atom is -0.372 e. The average molecular weight is 304 g/mol. The van der Waals surface area contributed by atoms with E-state index in [1.807, 2.05) is 24.3 Å². The van der Waals surface area contributed by atoms with Gasteiger partial charge in [-0.2, -0.15) is 0 Å². The van der Waals surface area contributed by atoms with Gasteiger partial charge in [0, 0.05) is 17.6 Å². The largest absolute Gasteiger partial charge is 0.372 e. The number of benzene rings is 2. The Labute approximate surface area is 132 Å². The van der Waals surface area contributed by atoms with E-state index in [-0.39, 0.29) is 0 Å². The number of ether oxygens (including phenoxy) is 1. The molecular weight excluding hydrogens is 282 g/mol. The van der Waals surface area contributed by atoms with E-state index < -0.39 is 0 Å². The fourth-order valence-electron chi connectivity index (χ4n) is 1.94. The maximum atomic E-state index is 5.86. The Balaban J connectivity index is 1.77. The number of hydrogen-bond donors (Lipinski definition) is 1. The molecule has 0 saturated carbocycles. The summed E-state index contributed by atoms with van der Waals surface area (Å²) < 4.78 is 5.72. The van der Waals surface area contributed by atoms with E-state index in [4.69, 9.17) is 16.3 Å². The standard InChI is InChI=1S/C18H22ClNO/c1-14(2)20-11-15-3-5-16(6-4-15)12-21-13-17-7-9-18(19)10-8-17/h3-10,14,20H,11-13H2,1-2H3. The summed E-state index contributed by atoms with van der Waals surface area (Å²) in [6.07, 6.45) is 0. The molecule has 0 aliphatic rings. The monoisotopic (exact) mass is 303 g/mol. The second kappa shape index (κ2) is 8.18. The molecule has 112 valence electrons. The van der Waals surface area contributed by atoms with Crippen LogP contribution in [0.3, 0.4) is 0 Å². The third kappa shape index (κ3) is 5.88. The Morgan fingerprint density at radius 3 is 1.86 bits per heavy atom. The van der Waals surface area contributed by atoms with Crippen LogP contribution in [0.2, 0.25) is 5.02 Å². The lowest BCUT2D eigenvalue weighted by Crippen LogP contribution is -2.21. The number of rotatable bonds is 7. The average Bonchev–Trinajstić information content (AvgIpc) is 2.48. The molecule has 0 aliphatic heterocycles. The Morgan fingerprint density at radius 2 is 1.33 bits per heavy atom. The summed E-state index contributed by atoms with van der Waals surface area (Å²) in [5.74, 6) is 0. The lowest BCUT2D eigenvalue weighted by atomic mass is 10.1. The Kier molecular flexibility index (Phi) is 6.24. The molecule has 0 spiro atoms. The second-order valence-corrected chi connectivity index (χ2v) is 5.91. The van der Waals surface area contributed by atoms with Gasteiger partial charge in [-0.25, -0.2) is 0 Å². The van der Waals surface area contributed by atoms with E-state index >= 15 is 0 Å². The van der Waals surface area contributed by atoms with Gasteiger partial charge in [0.1, 0.15) is 0 Å². The fourth-order valence-corrected chi connectivity index (χ4v) is 2.07. The van der Waals surface area contributed by atoms with Crippen LogP contribution in [-0.4, -0.2) is 6.04 Å². The van der Waals surface area contributed by atoms with Crippen molar-refractivity contribution in [1.29, 1.82) is 0 Å². The lowest BCUT2D eigenvalue weighted by Gasteiger charge is -2.09. The molecule has 3 heteroatoms. The van der Waals surface area contributed by atoms with Crippen molar-refractivity contribution < 1.29 is 4.74 Å². The fraction of sp³-hybridized carbons (Fsp3) is 0.333. The van der Waals surface area contributed by atoms with Crippen LogP contribution in [0, 0.1) is 0 Å². The van der Waals surface area contributed by atoms with Gasteiger partial charge in [0.25, 0.3) is 0 Å². The van der Waals surface area contributed by atoms with Crippen LogP contribution in [0.25, 0.3) is 0 Å². The molecule has 0 aromatic heterocycles. The Morgan fingerprint density at radius 1 is 0.857 bits per heavy atom. The topological polar surface area (TPSA) is 21.3 Å². The molecule has 0 amide bonds. The van der Waals surface area contributed by atoms with Crippen LogP contribution in [0.4, 0.5) is 0 Å². The van der Waals surface area contributed by atoms with Gasteiger partial charge in [-0.05, 0) is 28.8 Å². The molecule has 0 heterocycles. The number of halogens is 1. The van der Waals surface area contributed by atoms with E-state index in [0.29, 0.717) is 19.3 Å².